The van der Waals surface area contributed by atoms with Gasteiger partial charge in [0, 0.05) is 5.56 Å². The van der Waals surface area contributed by atoms with Crippen LogP contribution in [0.5, 0.6) is 5.75 Å². The smallest absolute Gasteiger partial charge is 0.128 e. The summed E-state index contributed by atoms with van der Waals surface area (Å²) in [7, 11) is 1.43. The Morgan fingerprint density at radius 3 is 2.67 bits per heavy atom. The first-order valence-electron chi connectivity index (χ1n) is 3.51. The number of carboxylic acids is 1. The molecular formula is C9H9O3-. The molecule has 0 amide bonds. The lowest BCUT2D eigenvalue weighted by Crippen LogP contribution is -2.22. The normalized spacial score (nSPS) is 9.50. The van der Waals surface area contributed by atoms with Gasteiger partial charge < -0.3 is 14.6 Å². The summed E-state index contributed by atoms with van der Waals surface area (Å²) in [6.45, 7) is 1.86. The van der Waals surface area contributed by atoms with Crippen molar-refractivity contribution in [3.05, 3.63) is 29.3 Å². The van der Waals surface area contributed by atoms with Crippen LogP contribution in [0.3, 0.4) is 0 Å². The Morgan fingerprint density at radius 2 is 2.17 bits per heavy atom. The van der Waals surface area contributed by atoms with Gasteiger partial charge in [-0.1, -0.05) is 6.07 Å². The Balaban J connectivity index is 3.20. The molecule has 0 aliphatic carbocycles. The summed E-state index contributed by atoms with van der Waals surface area (Å²) < 4.78 is 4.87. The molecule has 0 N–H and O–H groups in total. The fraction of sp³-hybridized carbons (Fsp3) is 0.222. The average Bonchev–Trinajstić information content (AvgIpc) is 2.03. The van der Waals surface area contributed by atoms with E-state index in [9.17, 15) is 9.90 Å². The Morgan fingerprint density at radius 1 is 1.50 bits per heavy atom. The number of carbonyl (C=O) groups excluding carboxylic acids is 1. The summed E-state index contributed by atoms with van der Waals surface area (Å²) in [6, 6.07) is 4.84. The van der Waals surface area contributed by atoms with E-state index in [-0.39, 0.29) is 5.56 Å². The van der Waals surface area contributed by atoms with Gasteiger partial charge in [0.25, 0.3) is 0 Å². The van der Waals surface area contributed by atoms with E-state index in [1.54, 1.807) is 12.1 Å². The van der Waals surface area contributed by atoms with E-state index in [1.165, 1.54) is 13.2 Å². The number of aromatic carboxylic acids is 1. The maximum Gasteiger partial charge on any atom is 0.128 e. The predicted molar refractivity (Wildman–Crippen MR) is 42.1 cm³/mol. The van der Waals surface area contributed by atoms with Crippen LogP contribution in [-0.2, 0) is 0 Å². The lowest BCUT2D eigenvalue weighted by Gasteiger charge is -2.09. The highest BCUT2D eigenvalue weighted by Gasteiger charge is 2.02. The van der Waals surface area contributed by atoms with Gasteiger partial charge in [0.15, 0.2) is 0 Å². The summed E-state index contributed by atoms with van der Waals surface area (Å²) in [5.74, 6) is -0.873. The van der Waals surface area contributed by atoms with Crippen molar-refractivity contribution in [2.75, 3.05) is 7.11 Å². The van der Waals surface area contributed by atoms with Gasteiger partial charge in [-0.3, -0.25) is 0 Å². The van der Waals surface area contributed by atoms with E-state index in [1.807, 2.05) is 6.92 Å². The van der Waals surface area contributed by atoms with Gasteiger partial charge in [-0.25, -0.2) is 0 Å². The minimum absolute atomic E-state index is 0.0862. The van der Waals surface area contributed by atoms with Crippen LogP contribution < -0.4 is 9.84 Å². The van der Waals surface area contributed by atoms with Gasteiger partial charge >= 0.3 is 0 Å². The Labute approximate surface area is 70.6 Å². The highest BCUT2D eigenvalue weighted by molar-refractivity contribution is 5.89. The largest absolute Gasteiger partial charge is 0.545 e. The second-order valence-electron chi connectivity index (χ2n) is 2.49. The molecule has 1 aromatic carbocycles. The third-order valence-corrected chi connectivity index (χ3v) is 1.58. The number of carbonyl (C=O) groups is 1. The van der Waals surface area contributed by atoms with E-state index >= 15 is 0 Å². The van der Waals surface area contributed by atoms with Crippen LogP contribution >= 0.6 is 0 Å². The summed E-state index contributed by atoms with van der Waals surface area (Å²) in [5, 5.41) is 10.5. The molecule has 0 saturated carbocycles. The maximum absolute atomic E-state index is 10.5. The summed E-state index contributed by atoms with van der Waals surface area (Å²) in [6.07, 6.45) is 0. The van der Waals surface area contributed by atoms with Crippen molar-refractivity contribution in [1.82, 2.24) is 0 Å². The molecule has 0 fully saturated rings. The van der Waals surface area contributed by atoms with Gasteiger partial charge in [0.05, 0.1) is 13.1 Å². The molecule has 1 aromatic rings. The first-order chi connectivity index (χ1) is 5.65. The molecule has 1 rings (SSSR count). The number of methoxy groups -OCH3 is 1. The molecule has 0 aliphatic rings. The second kappa shape index (κ2) is 3.26. The average molecular weight is 165 g/mol. The number of carboxylic acid groups (broad SMARTS) is 1. The molecule has 0 aromatic heterocycles. The zero-order chi connectivity index (χ0) is 9.14. The van der Waals surface area contributed by atoms with Crippen molar-refractivity contribution in [3.8, 4) is 5.75 Å². The Hall–Kier alpha value is -1.51. The number of aryl methyl sites for hydroxylation is 1. The highest BCUT2D eigenvalue weighted by Crippen LogP contribution is 2.18. The van der Waals surface area contributed by atoms with Crippen LogP contribution in [0.15, 0.2) is 18.2 Å². The summed E-state index contributed by atoms with van der Waals surface area (Å²) in [4.78, 5) is 10.5. The SMILES string of the molecule is COc1cc(C)ccc1C(=O)[O-]. The monoisotopic (exact) mass is 165 g/mol. The van der Waals surface area contributed by atoms with E-state index in [0.717, 1.165) is 5.56 Å². The van der Waals surface area contributed by atoms with E-state index in [0.29, 0.717) is 5.75 Å². The van der Waals surface area contributed by atoms with Crippen LogP contribution in [0.2, 0.25) is 0 Å². The number of hydrogen-bond acceptors (Lipinski definition) is 3. The molecular weight excluding hydrogens is 156 g/mol. The molecule has 3 nitrogen and oxygen atoms in total. The molecule has 0 heterocycles. The fourth-order valence-corrected chi connectivity index (χ4v) is 0.967. The quantitative estimate of drug-likeness (QED) is 0.636. The molecule has 0 unspecified atom stereocenters. The molecule has 0 atom stereocenters. The van der Waals surface area contributed by atoms with Gasteiger partial charge in [-0.15, -0.1) is 0 Å². The lowest BCUT2D eigenvalue weighted by molar-refractivity contribution is -0.255. The molecule has 0 radical (unpaired) electrons. The summed E-state index contributed by atoms with van der Waals surface area (Å²) >= 11 is 0. The van der Waals surface area contributed by atoms with Gasteiger partial charge in [0.1, 0.15) is 5.75 Å². The molecule has 3 heteroatoms. The van der Waals surface area contributed by atoms with Crippen LogP contribution in [0.4, 0.5) is 0 Å². The van der Waals surface area contributed by atoms with Gasteiger partial charge in [0.2, 0.25) is 0 Å². The molecule has 12 heavy (non-hydrogen) atoms. The zero-order valence-electron chi connectivity index (χ0n) is 6.96. The maximum atomic E-state index is 10.5. The van der Waals surface area contributed by atoms with Crippen LogP contribution in [0, 0.1) is 6.92 Å². The van der Waals surface area contributed by atoms with Crippen LogP contribution in [0.1, 0.15) is 15.9 Å². The topological polar surface area (TPSA) is 49.4 Å². The van der Waals surface area contributed by atoms with Crippen molar-refractivity contribution < 1.29 is 14.6 Å². The van der Waals surface area contributed by atoms with Crippen molar-refractivity contribution >= 4 is 5.97 Å². The first kappa shape index (κ1) is 8.59. The third kappa shape index (κ3) is 1.56. The molecule has 0 saturated heterocycles. The Bertz CT molecular complexity index is 305. The molecule has 64 valence electrons. The fourth-order valence-electron chi connectivity index (χ4n) is 0.967. The lowest BCUT2D eigenvalue weighted by atomic mass is 10.1. The number of ether oxygens (including phenoxy) is 1. The first-order valence-corrected chi connectivity index (χ1v) is 3.51. The standard InChI is InChI=1S/C9H10O3/c1-6-3-4-7(9(10)11)8(5-6)12-2/h3-5H,1-2H3,(H,10,11)/p-1. The highest BCUT2D eigenvalue weighted by atomic mass is 16.5. The molecule has 0 bridgehead atoms. The van der Waals surface area contributed by atoms with Gasteiger partial charge in [-0.05, 0) is 24.6 Å². The number of benzene rings is 1. The predicted octanol–water partition coefficient (Wildman–Crippen LogP) is 0.367. The third-order valence-electron chi connectivity index (χ3n) is 1.58. The van der Waals surface area contributed by atoms with Crippen molar-refractivity contribution in [2.45, 2.75) is 6.92 Å². The van der Waals surface area contributed by atoms with E-state index < -0.39 is 5.97 Å². The number of rotatable bonds is 2. The van der Waals surface area contributed by atoms with Crippen molar-refractivity contribution in [2.24, 2.45) is 0 Å². The minimum atomic E-state index is -1.22. The Kier molecular flexibility index (Phi) is 2.33. The van der Waals surface area contributed by atoms with Crippen molar-refractivity contribution in [3.63, 3.8) is 0 Å². The molecule has 0 spiro atoms. The minimum Gasteiger partial charge on any atom is -0.545 e. The van der Waals surface area contributed by atoms with Crippen LogP contribution in [0.25, 0.3) is 0 Å². The molecule has 0 aliphatic heterocycles. The second-order valence-corrected chi connectivity index (χ2v) is 2.49. The van der Waals surface area contributed by atoms with Crippen LogP contribution in [-0.4, -0.2) is 13.1 Å². The van der Waals surface area contributed by atoms with E-state index in [4.69, 9.17) is 4.74 Å². The zero-order valence-corrected chi connectivity index (χ0v) is 6.96. The summed E-state index contributed by atoms with van der Waals surface area (Å²) in [5.41, 5.74) is 1.04. The van der Waals surface area contributed by atoms with Crippen molar-refractivity contribution in [1.29, 1.82) is 0 Å². The van der Waals surface area contributed by atoms with Gasteiger partial charge in [-0.2, -0.15) is 0 Å². The number of hydrogen-bond donors (Lipinski definition) is 0. The van der Waals surface area contributed by atoms with E-state index in [2.05, 4.69) is 0 Å².